The monoisotopic (exact) mass is 209 g/mol. The molecule has 0 aromatic rings. The maximum Gasteiger partial charge on any atom is 0.0118 e. The van der Waals surface area contributed by atoms with E-state index in [1.165, 1.54) is 45.1 Å². The Kier molecular flexibility index (Phi) is 3.39. The van der Waals surface area contributed by atoms with Gasteiger partial charge in [-0.15, -0.1) is 0 Å². The van der Waals surface area contributed by atoms with E-state index in [-0.39, 0.29) is 0 Å². The predicted octanol–water partition coefficient (Wildman–Crippen LogP) is 3.59. The van der Waals surface area contributed by atoms with Crippen molar-refractivity contribution < 1.29 is 0 Å². The molecule has 0 radical (unpaired) electrons. The SMILES string of the molecule is CCC1(CNC(C(C)C)C2CC2)CCC1. The van der Waals surface area contributed by atoms with Gasteiger partial charge in [-0.05, 0) is 49.4 Å². The molecule has 1 atom stereocenters. The van der Waals surface area contributed by atoms with Gasteiger partial charge in [0.1, 0.15) is 0 Å². The van der Waals surface area contributed by atoms with Crippen LogP contribution in [0.1, 0.15) is 59.3 Å². The Bertz CT molecular complexity index is 194. The van der Waals surface area contributed by atoms with Crippen molar-refractivity contribution >= 4 is 0 Å². The fourth-order valence-electron chi connectivity index (χ4n) is 3.07. The van der Waals surface area contributed by atoms with E-state index in [4.69, 9.17) is 0 Å². The molecule has 2 aliphatic carbocycles. The molecule has 88 valence electrons. The van der Waals surface area contributed by atoms with Crippen molar-refractivity contribution in [1.29, 1.82) is 0 Å². The van der Waals surface area contributed by atoms with Crippen molar-refractivity contribution in [2.75, 3.05) is 6.54 Å². The molecule has 0 saturated heterocycles. The van der Waals surface area contributed by atoms with Crippen LogP contribution in [0, 0.1) is 17.3 Å². The van der Waals surface area contributed by atoms with Crippen LogP contribution in [0.15, 0.2) is 0 Å². The summed E-state index contributed by atoms with van der Waals surface area (Å²) in [5, 5.41) is 3.87. The summed E-state index contributed by atoms with van der Waals surface area (Å²) < 4.78 is 0. The third kappa shape index (κ3) is 2.55. The molecule has 1 heteroatoms. The summed E-state index contributed by atoms with van der Waals surface area (Å²) in [6.07, 6.45) is 8.70. The molecule has 0 aromatic carbocycles. The van der Waals surface area contributed by atoms with Crippen molar-refractivity contribution in [1.82, 2.24) is 5.32 Å². The van der Waals surface area contributed by atoms with Crippen LogP contribution in [-0.2, 0) is 0 Å². The van der Waals surface area contributed by atoms with Crippen LogP contribution in [0.5, 0.6) is 0 Å². The average Bonchev–Trinajstić information content (AvgIpc) is 2.92. The summed E-state index contributed by atoms with van der Waals surface area (Å²) in [4.78, 5) is 0. The molecule has 0 aliphatic heterocycles. The lowest BCUT2D eigenvalue weighted by molar-refractivity contribution is 0.113. The van der Waals surface area contributed by atoms with E-state index in [0.29, 0.717) is 5.41 Å². The molecule has 0 spiro atoms. The van der Waals surface area contributed by atoms with E-state index in [9.17, 15) is 0 Å². The minimum absolute atomic E-state index is 0.683. The molecule has 0 bridgehead atoms. The summed E-state index contributed by atoms with van der Waals surface area (Å²) in [6.45, 7) is 8.38. The topological polar surface area (TPSA) is 12.0 Å². The third-order valence-electron chi connectivity index (χ3n) is 4.73. The summed E-state index contributed by atoms with van der Waals surface area (Å²) in [7, 11) is 0. The molecule has 2 aliphatic rings. The Morgan fingerprint density at radius 3 is 2.27 bits per heavy atom. The van der Waals surface area contributed by atoms with Crippen molar-refractivity contribution in [3.05, 3.63) is 0 Å². The molecular weight excluding hydrogens is 182 g/mol. The lowest BCUT2D eigenvalue weighted by Gasteiger charge is -2.43. The van der Waals surface area contributed by atoms with E-state index in [1.807, 2.05) is 0 Å². The van der Waals surface area contributed by atoms with Crippen molar-refractivity contribution in [2.45, 2.75) is 65.3 Å². The average molecular weight is 209 g/mol. The minimum atomic E-state index is 0.683. The van der Waals surface area contributed by atoms with Gasteiger partial charge in [-0.2, -0.15) is 0 Å². The van der Waals surface area contributed by atoms with Crippen LogP contribution in [-0.4, -0.2) is 12.6 Å². The maximum absolute atomic E-state index is 3.87. The van der Waals surface area contributed by atoms with Crippen LogP contribution >= 0.6 is 0 Å². The second kappa shape index (κ2) is 4.45. The van der Waals surface area contributed by atoms with Crippen LogP contribution in [0.25, 0.3) is 0 Å². The number of rotatable bonds is 6. The molecule has 2 rings (SSSR count). The van der Waals surface area contributed by atoms with E-state index in [1.54, 1.807) is 0 Å². The minimum Gasteiger partial charge on any atom is -0.313 e. The molecule has 0 heterocycles. The summed E-state index contributed by atoms with van der Waals surface area (Å²) in [5.74, 6) is 1.81. The second-order valence-electron chi connectivity index (χ2n) is 6.20. The van der Waals surface area contributed by atoms with E-state index in [2.05, 4.69) is 26.1 Å². The largest absolute Gasteiger partial charge is 0.313 e. The van der Waals surface area contributed by atoms with Crippen LogP contribution in [0.2, 0.25) is 0 Å². The first-order chi connectivity index (χ1) is 7.17. The molecule has 1 N–H and O–H groups in total. The Hall–Kier alpha value is -0.0400. The molecule has 1 unspecified atom stereocenters. The normalized spacial score (nSPS) is 26.4. The third-order valence-corrected chi connectivity index (χ3v) is 4.73. The predicted molar refractivity (Wildman–Crippen MR) is 65.9 cm³/mol. The highest BCUT2D eigenvalue weighted by Crippen LogP contribution is 2.44. The standard InChI is InChI=1S/C14H27N/c1-4-14(8-5-9-14)10-15-13(11(2)3)12-6-7-12/h11-13,15H,4-10H2,1-3H3. The maximum atomic E-state index is 3.87. The van der Waals surface area contributed by atoms with Crippen LogP contribution in [0.3, 0.4) is 0 Å². The van der Waals surface area contributed by atoms with Crippen LogP contribution < -0.4 is 5.32 Å². The van der Waals surface area contributed by atoms with E-state index >= 15 is 0 Å². The highest BCUT2D eigenvalue weighted by molar-refractivity contribution is 4.93. The summed E-state index contributed by atoms with van der Waals surface area (Å²) in [6, 6.07) is 0.800. The summed E-state index contributed by atoms with van der Waals surface area (Å²) >= 11 is 0. The molecule has 2 fully saturated rings. The molecule has 2 saturated carbocycles. The first kappa shape index (κ1) is 11.4. The number of nitrogens with one attached hydrogen (secondary N) is 1. The fraction of sp³-hybridized carbons (Fsp3) is 1.00. The fourth-order valence-corrected chi connectivity index (χ4v) is 3.07. The number of hydrogen-bond acceptors (Lipinski definition) is 1. The zero-order valence-electron chi connectivity index (χ0n) is 10.7. The van der Waals surface area contributed by atoms with Crippen molar-refractivity contribution in [3.63, 3.8) is 0 Å². The Morgan fingerprint density at radius 1 is 1.27 bits per heavy atom. The zero-order valence-corrected chi connectivity index (χ0v) is 10.7. The second-order valence-corrected chi connectivity index (χ2v) is 6.20. The Balaban J connectivity index is 1.79. The van der Waals surface area contributed by atoms with Gasteiger partial charge in [-0.1, -0.05) is 27.2 Å². The molecule has 1 nitrogen and oxygen atoms in total. The Labute approximate surface area is 95.0 Å². The molecule has 15 heavy (non-hydrogen) atoms. The highest BCUT2D eigenvalue weighted by Gasteiger charge is 2.38. The summed E-state index contributed by atoms with van der Waals surface area (Å²) in [5.41, 5.74) is 0.683. The lowest BCUT2D eigenvalue weighted by Crippen LogP contribution is -2.46. The number of hydrogen-bond donors (Lipinski definition) is 1. The van der Waals surface area contributed by atoms with Gasteiger partial charge in [-0.3, -0.25) is 0 Å². The van der Waals surface area contributed by atoms with Gasteiger partial charge in [0.2, 0.25) is 0 Å². The Morgan fingerprint density at radius 2 is 1.93 bits per heavy atom. The first-order valence-electron chi connectivity index (χ1n) is 6.90. The van der Waals surface area contributed by atoms with Gasteiger partial charge in [0, 0.05) is 12.6 Å². The van der Waals surface area contributed by atoms with E-state index in [0.717, 1.165) is 17.9 Å². The van der Waals surface area contributed by atoms with E-state index < -0.39 is 0 Å². The zero-order chi connectivity index (χ0) is 10.9. The van der Waals surface area contributed by atoms with Gasteiger partial charge in [-0.25, -0.2) is 0 Å². The smallest absolute Gasteiger partial charge is 0.0118 e. The quantitative estimate of drug-likeness (QED) is 0.705. The molecular formula is C14H27N. The lowest BCUT2D eigenvalue weighted by atomic mass is 9.67. The molecule has 0 amide bonds. The first-order valence-corrected chi connectivity index (χ1v) is 6.90. The molecule has 0 aromatic heterocycles. The van der Waals surface area contributed by atoms with Gasteiger partial charge >= 0.3 is 0 Å². The van der Waals surface area contributed by atoms with Crippen molar-refractivity contribution in [3.8, 4) is 0 Å². The van der Waals surface area contributed by atoms with Gasteiger partial charge in [0.15, 0.2) is 0 Å². The van der Waals surface area contributed by atoms with Gasteiger partial charge in [0.05, 0.1) is 0 Å². The van der Waals surface area contributed by atoms with Gasteiger partial charge < -0.3 is 5.32 Å². The highest BCUT2D eigenvalue weighted by atomic mass is 14.9. The van der Waals surface area contributed by atoms with Crippen LogP contribution in [0.4, 0.5) is 0 Å². The van der Waals surface area contributed by atoms with Gasteiger partial charge in [0.25, 0.3) is 0 Å². The van der Waals surface area contributed by atoms with Crippen molar-refractivity contribution in [2.24, 2.45) is 17.3 Å².